The zero-order valence-electron chi connectivity index (χ0n) is 18.8. The number of benzene rings is 2. The Kier molecular flexibility index (Phi) is 8.06. The maximum atomic E-state index is 11.9. The second-order valence-corrected chi connectivity index (χ2v) is 9.66. The van der Waals surface area contributed by atoms with E-state index in [2.05, 4.69) is 4.98 Å². The average molecular weight is 522 g/mol. The molecule has 0 aliphatic carbocycles. The Bertz CT molecular complexity index is 1110. The van der Waals surface area contributed by atoms with Crippen LogP contribution in [0.4, 0.5) is 10.5 Å². The topological polar surface area (TPSA) is 65.8 Å². The van der Waals surface area contributed by atoms with Gasteiger partial charge in [0.15, 0.2) is 0 Å². The summed E-state index contributed by atoms with van der Waals surface area (Å²) in [4.78, 5) is 18.6. The van der Waals surface area contributed by atoms with Crippen LogP contribution in [0.3, 0.4) is 0 Å². The molecule has 1 aliphatic heterocycles. The summed E-state index contributed by atoms with van der Waals surface area (Å²) in [5, 5.41) is 1.04. The van der Waals surface area contributed by atoms with Gasteiger partial charge in [-0.05, 0) is 43.3 Å². The van der Waals surface area contributed by atoms with Crippen molar-refractivity contribution in [2.45, 2.75) is 30.3 Å². The summed E-state index contributed by atoms with van der Waals surface area (Å²) >= 11 is 14.3. The number of carbonyl (C=O) groups excluding carboxylic acids is 1. The molecule has 1 aromatic heterocycles. The van der Waals surface area contributed by atoms with Crippen LogP contribution in [0.1, 0.15) is 12.5 Å². The summed E-state index contributed by atoms with van der Waals surface area (Å²) in [6, 6.07) is 13.0. The fourth-order valence-corrected chi connectivity index (χ4v) is 5.08. The van der Waals surface area contributed by atoms with Gasteiger partial charge in [0.25, 0.3) is 0 Å². The summed E-state index contributed by atoms with van der Waals surface area (Å²) in [5.74, 6) is -0.357. The molecule has 4 rings (SSSR count). The van der Waals surface area contributed by atoms with Crippen molar-refractivity contribution in [1.82, 2.24) is 9.55 Å². The zero-order valence-corrected chi connectivity index (χ0v) is 21.1. The number of anilines is 1. The molecule has 1 saturated heterocycles. The molecule has 2 heterocycles. The Morgan fingerprint density at radius 1 is 1.29 bits per heavy atom. The van der Waals surface area contributed by atoms with Crippen molar-refractivity contribution in [3.63, 3.8) is 0 Å². The number of aromatic nitrogens is 2. The van der Waals surface area contributed by atoms with Crippen molar-refractivity contribution < 1.29 is 19.0 Å². The molecule has 0 spiro atoms. The van der Waals surface area contributed by atoms with E-state index in [1.165, 1.54) is 4.90 Å². The first-order valence-corrected chi connectivity index (χ1v) is 12.5. The normalized spacial score (nSPS) is 19.8. The predicted octanol–water partition coefficient (Wildman–Crippen LogP) is 5.84. The Morgan fingerprint density at radius 3 is 2.76 bits per heavy atom. The summed E-state index contributed by atoms with van der Waals surface area (Å²) in [7, 11) is 1.69. The number of hydrogen-bond acceptors (Lipinski definition) is 6. The van der Waals surface area contributed by atoms with Crippen LogP contribution in [0.25, 0.3) is 0 Å². The van der Waals surface area contributed by atoms with E-state index in [-0.39, 0.29) is 12.2 Å². The fourth-order valence-electron chi connectivity index (χ4n) is 3.66. The highest BCUT2D eigenvalue weighted by Gasteiger charge is 2.45. The minimum Gasteiger partial charge on any atom is -0.449 e. The quantitative estimate of drug-likeness (QED) is 0.346. The number of hydrogen-bond donors (Lipinski definition) is 0. The molecule has 0 bridgehead atoms. The fraction of sp³-hybridized carbons (Fsp3) is 0.333. The number of carbonyl (C=O) groups is 1. The Labute approximate surface area is 212 Å². The maximum absolute atomic E-state index is 11.9. The molecule has 0 unspecified atom stereocenters. The number of ether oxygens (including phenoxy) is 3. The highest BCUT2D eigenvalue weighted by atomic mass is 35.5. The van der Waals surface area contributed by atoms with Gasteiger partial charge in [-0.25, -0.2) is 9.78 Å². The van der Waals surface area contributed by atoms with Gasteiger partial charge in [-0.2, -0.15) is 0 Å². The molecule has 1 fully saturated rings. The molecule has 10 heteroatoms. The van der Waals surface area contributed by atoms with Gasteiger partial charge in [0.1, 0.15) is 0 Å². The first-order valence-electron chi connectivity index (χ1n) is 10.8. The standard InChI is InChI=1S/C24H25Cl2N3O4S/c1-3-31-23(30)28(2)18-5-7-20(8-6-18)34-14-19-13-32-24(33-19,15-29-11-10-27-16-29)21-9-4-17(25)12-22(21)26/h4-12,16,19H,3,13-15H2,1-2H3/t19-,24+/m0/s1. The van der Waals surface area contributed by atoms with Crippen molar-refractivity contribution in [3.8, 4) is 0 Å². The Morgan fingerprint density at radius 2 is 2.09 bits per heavy atom. The van der Waals surface area contributed by atoms with Crippen molar-refractivity contribution in [2.75, 3.05) is 30.9 Å². The minimum absolute atomic E-state index is 0.151. The molecule has 7 nitrogen and oxygen atoms in total. The SMILES string of the molecule is CCOC(=O)N(C)c1ccc(SC[C@@H]2CO[C@@](Cn3ccnc3)(c3ccc(Cl)cc3Cl)O2)cc1. The lowest BCUT2D eigenvalue weighted by atomic mass is 10.1. The van der Waals surface area contributed by atoms with E-state index in [1.807, 2.05) is 41.1 Å². The van der Waals surface area contributed by atoms with Gasteiger partial charge < -0.3 is 18.8 Å². The molecule has 2 atom stereocenters. The second kappa shape index (κ2) is 11.0. The summed E-state index contributed by atoms with van der Waals surface area (Å²) < 4.78 is 19.7. The second-order valence-electron chi connectivity index (χ2n) is 7.73. The van der Waals surface area contributed by atoms with Crippen LogP contribution >= 0.6 is 35.0 Å². The summed E-state index contributed by atoms with van der Waals surface area (Å²) in [6.45, 7) is 2.95. The van der Waals surface area contributed by atoms with Crippen LogP contribution in [-0.4, -0.2) is 47.8 Å². The third-order valence-electron chi connectivity index (χ3n) is 5.35. The van der Waals surface area contributed by atoms with E-state index < -0.39 is 5.79 Å². The van der Waals surface area contributed by atoms with Crippen LogP contribution in [0.5, 0.6) is 0 Å². The highest BCUT2D eigenvalue weighted by molar-refractivity contribution is 7.99. The van der Waals surface area contributed by atoms with Crippen molar-refractivity contribution in [3.05, 3.63) is 76.8 Å². The lowest BCUT2D eigenvalue weighted by Gasteiger charge is -2.30. The van der Waals surface area contributed by atoms with Crippen molar-refractivity contribution >= 4 is 46.7 Å². The largest absolute Gasteiger partial charge is 0.449 e. The summed E-state index contributed by atoms with van der Waals surface area (Å²) in [5.41, 5.74) is 1.49. The molecule has 180 valence electrons. The average Bonchev–Trinajstić information content (AvgIpc) is 3.48. The third kappa shape index (κ3) is 5.70. The molecule has 0 saturated carbocycles. The van der Waals surface area contributed by atoms with Crippen LogP contribution in [-0.2, 0) is 26.5 Å². The Hall–Kier alpha value is -2.23. The number of halogens is 2. The van der Waals surface area contributed by atoms with Crippen LogP contribution in [0, 0.1) is 0 Å². The number of thioether (sulfide) groups is 1. The Balaban J connectivity index is 1.43. The number of amides is 1. The molecular formula is C24H25Cl2N3O4S. The lowest BCUT2D eigenvalue weighted by molar-refractivity contribution is -0.184. The number of rotatable bonds is 8. The monoisotopic (exact) mass is 521 g/mol. The number of imidazole rings is 1. The van der Waals surface area contributed by atoms with E-state index in [1.54, 1.807) is 50.4 Å². The maximum Gasteiger partial charge on any atom is 0.413 e. The molecule has 0 radical (unpaired) electrons. The van der Waals surface area contributed by atoms with Crippen molar-refractivity contribution in [1.29, 1.82) is 0 Å². The van der Waals surface area contributed by atoms with Crippen LogP contribution < -0.4 is 4.90 Å². The predicted molar refractivity (Wildman–Crippen MR) is 134 cm³/mol. The van der Waals surface area contributed by atoms with Gasteiger partial charge in [0, 0.05) is 46.4 Å². The smallest absolute Gasteiger partial charge is 0.413 e. The van der Waals surface area contributed by atoms with Crippen molar-refractivity contribution in [2.24, 2.45) is 0 Å². The lowest BCUT2D eigenvalue weighted by Crippen LogP contribution is -2.34. The van der Waals surface area contributed by atoms with E-state index in [4.69, 9.17) is 37.4 Å². The molecule has 2 aromatic carbocycles. The van der Waals surface area contributed by atoms with Gasteiger partial charge in [0.05, 0.1) is 37.2 Å². The molecule has 3 aromatic rings. The molecule has 1 aliphatic rings. The summed E-state index contributed by atoms with van der Waals surface area (Å²) in [6.07, 6.45) is 4.75. The molecule has 34 heavy (non-hydrogen) atoms. The first-order chi connectivity index (χ1) is 16.4. The third-order valence-corrected chi connectivity index (χ3v) is 7.04. The van der Waals surface area contributed by atoms with Gasteiger partial charge in [-0.1, -0.05) is 29.3 Å². The zero-order chi connectivity index (χ0) is 24.1. The van der Waals surface area contributed by atoms with E-state index in [0.717, 1.165) is 16.1 Å². The van der Waals surface area contributed by atoms with Gasteiger partial charge >= 0.3 is 6.09 Å². The molecule has 1 amide bonds. The number of nitrogens with zero attached hydrogens (tertiary/aromatic N) is 3. The molecule has 0 N–H and O–H groups in total. The highest BCUT2D eigenvalue weighted by Crippen LogP contribution is 2.41. The van der Waals surface area contributed by atoms with E-state index in [9.17, 15) is 4.79 Å². The van der Waals surface area contributed by atoms with Crippen LogP contribution in [0.15, 0.2) is 66.1 Å². The first kappa shape index (κ1) is 24.9. The van der Waals surface area contributed by atoms with E-state index >= 15 is 0 Å². The van der Waals surface area contributed by atoms with E-state index in [0.29, 0.717) is 35.6 Å². The minimum atomic E-state index is -1.04. The molecular weight excluding hydrogens is 497 g/mol. The van der Waals surface area contributed by atoms with Gasteiger partial charge in [0.2, 0.25) is 5.79 Å². The van der Waals surface area contributed by atoms with Gasteiger partial charge in [-0.15, -0.1) is 11.8 Å². The van der Waals surface area contributed by atoms with Crippen LogP contribution in [0.2, 0.25) is 10.0 Å². The van der Waals surface area contributed by atoms with Gasteiger partial charge in [-0.3, -0.25) is 4.90 Å².